The second-order valence-corrected chi connectivity index (χ2v) is 6.45. The van der Waals surface area contributed by atoms with Crippen LogP contribution in [-0.2, 0) is 4.79 Å². The SMILES string of the molecule is CCC(Nc1ccnc2cc(Cl)ccc12)C(=O)N1CCCCC1.Cl. The van der Waals surface area contributed by atoms with Gasteiger partial charge in [0, 0.05) is 35.4 Å². The third-order valence-corrected chi connectivity index (χ3v) is 4.64. The summed E-state index contributed by atoms with van der Waals surface area (Å²) in [5.74, 6) is 0.200. The Morgan fingerprint density at radius 1 is 1.29 bits per heavy atom. The van der Waals surface area contributed by atoms with Gasteiger partial charge in [-0.15, -0.1) is 12.4 Å². The zero-order valence-electron chi connectivity index (χ0n) is 13.8. The van der Waals surface area contributed by atoms with E-state index in [1.54, 1.807) is 6.20 Å². The van der Waals surface area contributed by atoms with Crippen LogP contribution in [-0.4, -0.2) is 34.9 Å². The van der Waals surface area contributed by atoms with Gasteiger partial charge in [0.1, 0.15) is 6.04 Å². The summed E-state index contributed by atoms with van der Waals surface area (Å²) in [6.07, 6.45) is 5.95. The number of hydrogen-bond donors (Lipinski definition) is 1. The first-order valence-corrected chi connectivity index (χ1v) is 8.66. The highest BCUT2D eigenvalue weighted by Gasteiger charge is 2.24. The minimum absolute atomic E-state index is 0. The second kappa shape index (κ2) is 8.54. The van der Waals surface area contributed by atoms with E-state index in [0.717, 1.165) is 48.9 Å². The molecule has 1 atom stereocenters. The Bertz CT molecular complexity index is 702. The molecule has 24 heavy (non-hydrogen) atoms. The van der Waals surface area contributed by atoms with Gasteiger partial charge in [0.2, 0.25) is 5.91 Å². The summed E-state index contributed by atoms with van der Waals surface area (Å²) in [7, 11) is 0. The van der Waals surface area contributed by atoms with E-state index < -0.39 is 0 Å². The summed E-state index contributed by atoms with van der Waals surface area (Å²) in [5.41, 5.74) is 1.77. The lowest BCUT2D eigenvalue weighted by Gasteiger charge is -2.31. The van der Waals surface area contributed by atoms with Gasteiger partial charge in [-0.05, 0) is 49.9 Å². The standard InChI is InChI=1S/C18H22ClN3O.ClH/c1-2-15(18(23)22-10-4-3-5-11-22)21-16-8-9-20-17-12-13(19)6-7-14(16)17;/h6-9,12,15H,2-5,10-11H2,1H3,(H,20,21);1H. The molecule has 3 rings (SSSR count). The quantitative estimate of drug-likeness (QED) is 0.864. The third-order valence-electron chi connectivity index (χ3n) is 4.41. The molecule has 1 N–H and O–H groups in total. The van der Waals surface area contributed by atoms with Crippen LogP contribution in [0.2, 0.25) is 5.02 Å². The van der Waals surface area contributed by atoms with Crippen molar-refractivity contribution in [2.24, 2.45) is 0 Å². The van der Waals surface area contributed by atoms with E-state index in [4.69, 9.17) is 11.6 Å². The summed E-state index contributed by atoms with van der Waals surface area (Å²) in [6, 6.07) is 7.36. The number of nitrogens with one attached hydrogen (secondary N) is 1. The molecule has 6 heteroatoms. The maximum Gasteiger partial charge on any atom is 0.245 e. The Labute approximate surface area is 154 Å². The molecule has 0 aliphatic carbocycles. The molecule has 1 unspecified atom stereocenters. The normalized spacial score (nSPS) is 15.7. The fourth-order valence-electron chi connectivity index (χ4n) is 3.11. The van der Waals surface area contributed by atoms with Crippen molar-refractivity contribution >= 4 is 46.5 Å². The van der Waals surface area contributed by atoms with Gasteiger partial charge >= 0.3 is 0 Å². The molecule has 1 fully saturated rings. The number of nitrogens with zero attached hydrogens (tertiary/aromatic N) is 2. The Morgan fingerprint density at radius 2 is 2.04 bits per heavy atom. The molecule has 1 amide bonds. The third kappa shape index (κ3) is 4.11. The van der Waals surface area contributed by atoms with Crippen LogP contribution in [0.3, 0.4) is 0 Å². The highest BCUT2D eigenvalue weighted by Crippen LogP contribution is 2.25. The summed E-state index contributed by atoms with van der Waals surface area (Å²) in [5, 5.41) is 5.07. The molecular formula is C18H23Cl2N3O. The van der Waals surface area contributed by atoms with Crippen LogP contribution < -0.4 is 5.32 Å². The zero-order valence-corrected chi connectivity index (χ0v) is 15.4. The van der Waals surface area contributed by atoms with Crippen molar-refractivity contribution in [3.63, 3.8) is 0 Å². The van der Waals surface area contributed by atoms with Gasteiger partial charge in [-0.1, -0.05) is 18.5 Å². The maximum atomic E-state index is 12.8. The number of benzene rings is 1. The summed E-state index contributed by atoms with van der Waals surface area (Å²) in [6.45, 7) is 3.80. The molecule has 1 aliphatic rings. The molecule has 1 aliphatic heterocycles. The number of hydrogen-bond acceptors (Lipinski definition) is 3. The average Bonchev–Trinajstić information content (AvgIpc) is 2.59. The molecule has 0 radical (unpaired) electrons. The van der Waals surface area contributed by atoms with Crippen molar-refractivity contribution in [2.75, 3.05) is 18.4 Å². The fraction of sp³-hybridized carbons (Fsp3) is 0.444. The van der Waals surface area contributed by atoms with E-state index in [1.807, 2.05) is 36.1 Å². The van der Waals surface area contributed by atoms with Crippen molar-refractivity contribution in [1.29, 1.82) is 0 Å². The highest BCUT2D eigenvalue weighted by atomic mass is 35.5. The number of rotatable bonds is 4. The number of pyridine rings is 1. The molecule has 0 bridgehead atoms. The smallest absolute Gasteiger partial charge is 0.245 e. The Balaban J connectivity index is 0.00000208. The van der Waals surface area contributed by atoms with E-state index >= 15 is 0 Å². The minimum atomic E-state index is -0.200. The number of likely N-dealkylation sites (tertiary alicyclic amines) is 1. The van der Waals surface area contributed by atoms with Crippen molar-refractivity contribution in [3.8, 4) is 0 Å². The molecule has 0 spiro atoms. The number of fused-ring (bicyclic) bond motifs is 1. The van der Waals surface area contributed by atoms with E-state index in [-0.39, 0.29) is 24.4 Å². The van der Waals surface area contributed by atoms with Gasteiger partial charge in [0.25, 0.3) is 0 Å². The molecule has 130 valence electrons. The number of halogens is 2. The highest BCUT2D eigenvalue weighted by molar-refractivity contribution is 6.31. The van der Waals surface area contributed by atoms with Gasteiger partial charge in [-0.2, -0.15) is 0 Å². The fourth-order valence-corrected chi connectivity index (χ4v) is 3.27. The maximum absolute atomic E-state index is 12.8. The van der Waals surface area contributed by atoms with Crippen LogP contribution in [0.25, 0.3) is 10.9 Å². The van der Waals surface area contributed by atoms with Crippen molar-refractivity contribution < 1.29 is 4.79 Å². The van der Waals surface area contributed by atoms with Crippen LogP contribution in [0.5, 0.6) is 0 Å². The summed E-state index contributed by atoms with van der Waals surface area (Å²) in [4.78, 5) is 19.1. The van der Waals surface area contributed by atoms with Crippen LogP contribution in [0.4, 0.5) is 5.69 Å². The summed E-state index contributed by atoms with van der Waals surface area (Å²) < 4.78 is 0. The molecule has 2 aromatic rings. The summed E-state index contributed by atoms with van der Waals surface area (Å²) >= 11 is 6.03. The molecule has 1 aromatic carbocycles. The number of anilines is 1. The monoisotopic (exact) mass is 367 g/mol. The molecular weight excluding hydrogens is 345 g/mol. The van der Waals surface area contributed by atoms with Gasteiger partial charge in [0.05, 0.1) is 5.52 Å². The van der Waals surface area contributed by atoms with Crippen LogP contribution >= 0.6 is 24.0 Å². The van der Waals surface area contributed by atoms with Gasteiger partial charge in [0.15, 0.2) is 0 Å². The van der Waals surface area contributed by atoms with Gasteiger partial charge < -0.3 is 10.2 Å². The largest absolute Gasteiger partial charge is 0.373 e. The lowest BCUT2D eigenvalue weighted by molar-refractivity contribution is -0.132. The first-order chi connectivity index (χ1) is 11.2. The minimum Gasteiger partial charge on any atom is -0.373 e. The number of amides is 1. The van der Waals surface area contributed by atoms with Crippen molar-refractivity contribution in [2.45, 2.75) is 38.6 Å². The van der Waals surface area contributed by atoms with E-state index in [9.17, 15) is 4.79 Å². The number of carbonyl (C=O) groups is 1. The average molecular weight is 368 g/mol. The lowest BCUT2D eigenvalue weighted by Crippen LogP contribution is -2.45. The van der Waals surface area contributed by atoms with E-state index in [2.05, 4.69) is 10.3 Å². The zero-order chi connectivity index (χ0) is 16.2. The van der Waals surface area contributed by atoms with E-state index in [1.165, 1.54) is 6.42 Å². The topological polar surface area (TPSA) is 45.2 Å². The van der Waals surface area contributed by atoms with Crippen LogP contribution in [0, 0.1) is 0 Å². The number of piperidine rings is 1. The van der Waals surface area contributed by atoms with Crippen molar-refractivity contribution in [1.82, 2.24) is 9.88 Å². The molecule has 0 saturated carbocycles. The first kappa shape index (κ1) is 18.8. The van der Waals surface area contributed by atoms with Gasteiger partial charge in [-0.25, -0.2) is 0 Å². The number of aromatic nitrogens is 1. The molecule has 1 aromatic heterocycles. The first-order valence-electron chi connectivity index (χ1n) is 8.28. The predicted octanol–water partition coefficient (Wildman–Crippen LogP) is 4.51. The van der Waals surface area contributed by atoms with E-state index in [0.29, 0.717) is 5.02 Å². The molecule has 1 saturated heterocycles. The molecule has 2 heterocycles. The van der Waals surface area contributed by atoms with Crippen LogP contribution in [0.1, 0.15) is 32.6 Å². The second-order valence-electron chi connectivity index (χ2n) is 6.01. The predicted molar refractivity (Wildman–Crippen MR) is 102 cm³/mol. The van der Waals surface area contributed by atoms with Gasteiger partial charge in [-0.3, -0.25) is 9.78 Å². The Morgan fingerprint density at radius 3 is 2.75 bits per heavy atom. The van der Waals surface area contributed by atoms with Crippen LogP contribution in [0.15, 0.2) is 30.5 Å². The lowest BCUT2D eigenvalue weighted by atomic mass is 10.1. The van der Waals surface area contributed by atoms with Crippen molar-refractivity contribution in [3.05, 3.63) is 35.5 Å². The number of carbonyl (C=O) groups excluding carboxylic acids is 1. The molecule has 4 nitrogen and oxygen atoms in total. The Hall–Kier alpha value is -1.52. The Kier molecular flexibility index (Phi) is 6.69.